The molecule has 2 aromatic carbocycles. The van der Waals surface area contributed by atoms with E-state index in [1.54, 1.807) is 0 Å². The van der Waals surface area contributed by atoms with Crippen molar-refractivity contribution >= 4 is 33.3 Å². The Morgan fingerprint density at radius 2 is 1.95 bits per heavy atom. The number of nitrogens with zero attached hydrogens (tertiary/aromatic N) is 1. The Labute approximate surface area is 134 Å². The van der Waals surface area contributed by atoms with Gasteiger partial charge in [-0.25, -0.2) is 0 Å². The van der Waals surface area contributed by atoms with E-state index in [9.17, 15) is 10.1 Å². The van der Waals surface area contributed by atoms with Crippen LogP contribution in [0.1, 0.15) is 18.1 Å². The van der Waals surface area contributed by atoms with Gasteiger partial charge in [0.15, 0.2) is 0 Å². The van der Waals surface area contributed by atoms with Crippen LogP contribution in [-0.4, -0.2) is 11.0 Å². The normalized spacial score (nSPS) is 17.5. The zero-order chi connectivity index (χ0) is 15.4. The third-order valence-electron chi connectivity index (χ3n) is 3.79. The van der Waals surface area contributed by atoms with Crippen LogP contribution in [0.4, 0.5) is 5.69 Å². The van der Waals surface area contributed by atoms with Gasteiger partial charge in [-0.3, -0.25) is 10.1 Å². The number of nitro groups is 1. The minimum absolute atomic E-state index is 0.0391. The predicted octanol–water partition coefficient (Wildman–Crippen LogP) is 4.78. The van der Waals surface area contributed by atoms with E-state index in [0.717, 1.165) is 21.2 Å². The van der Waals surface area contributed by atoms with Crippen LogP contribution in [0.2, 0.25) is 0 Å². The third kappa shape index (κ3) is 1.91. The van der Waals surface area contributed by atoms with E-state index in [1.165, 1.54) is 12.1 Å². The Hall–Kier alpha value is -2.34. The standard InChI is InChI=1S/C16H10BrNO4/c1-8-12-5-9-4-10(17)2-3-13(9)22-15-7-11(18(19)20)6-14(21-8)16(12)15/h2-8H,1H3. The highest BCUT2D eigenvalue weighted by Gasteiger charge is 2.33. The molecular formula is C16H10BrNO4. The zero-order valence-electron chi connectivity index (χ0n) is 11.5. The molecule has 4 rings (SSSR count). The Balaban J connectivity index is 2.00. The maximum absolute atomic E-state index is 11.1. The summed E-state index contributed by atoms with van der Waals surface area (Å²) in [6, 6.07) is 8.57. The SMILES string of the molecule is CC1Oc2cc([N+](=O)[O-])cc3c2C1=Cc1cc(Br)ccc1O3. The summed E-state index contributed by atoms with van der Waals surface area (Å²) in [5.41, 5.74) is 2.64. The van der Waals surface area contributed by atoms with Crippen LogP contribution in [0.25, 0.3) is 11.6 Å². The van der Waals surface area contributed by atoms with Gasteiger partial charge in [-0.15, -0.1) is 0 Å². The van der Waals surface area contributed by atoms with E-state index >= 15 is 0 Å². The van der Waals surface area contributed by atoms with Crippen molar-refractivity contribution < 1.29 is 14.4 Å². The van der Waals surface area contributed by atoms with Crippen molar-refractivity contribution in [2.24, 2.45) is 0 Å². The molecule has 2 aliphatic heterocycles. The fourth-order valence-electron chi connectivity index (χ4n) is 2.80. The van der Waals surface area contributed by atoms with Gasteiger partial charge in [-0.1, -0.05) is 15.9 Å². The molecule has 0 fully saturated rings. The topological polar surface area (TPSA) is 61.6 Å². The van der Waals surface area contributed by atoms with Crippen LogP contribution in [0, 0.1) is 10.1 Å². The van der Waals surface area contributed by atoms with Gasteiger partial charge in [0.05, 0.1) is 22.6 Å². The van der Waals surface area contributed by atoms with Crippen molar-refractivity contribution in [1.29, 1.82) is 0 Å². The minimum atomic E-state index is -0.441. The summed E-state index contributed by atoms with van der Waals surface area (Å²) in [7, 11) is 0. The van der Waals surface area contributed by atoms with Gasteiger partial charge in [0.2, 0.25) is 0 Å². The lowest BCUT2D eigenvalue weighted by Crippen LogP contribution is -2.05. The molecule has 0 bridgehead atoms. The van der Waals surface area contributed by atoms with Gasteiger partial charge in [-0.05, 0) is 31.2 Å². The molecule has 0 N–H and O–H groups in total. The first-order valence-corrected chi connectivity index (χ1v) is 7.50. The summed E-state index contributed by atoms with van der Waals surface area (Å²) in [6.07, 6.45) is 1.84. The highest BCUT2D eigenvalue weighted by Crippen LogP contribution is 2.50. The third-order valence-corrected chi connectivity index (χ3v) is 4.29. The van der Waals surface area contributed by atoms with Crippen LogP contribution >= 0.6 is 15.9 Å². The fourth-order valence-corrected chi connectivity index (χ4v) is 3.18. The first-order chi connectivity index (χ1) is 10.5. The molecule has 6 heteroatoms. The molecule has 110 valence electrons. The molecule has 5 nitrogen and oxygen atoms in total. The molecule has 1 atom stereocenters. The first kappa shape index (κ1) is 13.3. The summed E-state index contributed by atoms with van der Waals surface area (Å²) in [5, 5.41) is 11.1. The number of nitro benzene ring substituents is 1. The second kappa shape index (κ2) is 4.58. The van der Waals surface area contributed by atoms with E-state index in [1.807, 2.05) is 31.2 Å². The molecule has 22 heavy (non-hydrogen) atoms. The van der Waals surface area contributed by atoms with E-state index in [0.29, 0.717) is 17.2 Å². The molecular weight excluding hydrogens is 350 g/mol. The van der Waals surface area contributed by atoms with Crippen molar-refractivity contribution in [2.45, 2.75) is 13.0 Å². The Bertz CT molecular complexity index is 859. The number of fused-ring (bicyclic) bond motifs is 1. The highest BCUT2D eigenvalue weighted by atomic mass is 79.9. The van der Waals surface area contributed by atoms with Crippen LogP contribution in [0.5, 0.6) is 17.2 Å². The Morgan fingerprint density at radius 3 is 2.73 bits per heavy atom. The van der Waals surface area contributed by atoms with E-state index in [4.69, 9.17) is 9.47 Å². The minimum Gasteiger partial charge on any atom is -0.485 e. The van der Waals surface area contributed by atoms with E-state index in [-0.39, 0.29) is 11.8 Å². The summed E-state index contributed by atoms with van der Waals surface area (Å²) >= 11 is 3.45. The number of halogens is 1. The van der Waals surface area contributed by atoms with Gasteiger partial charge in [0, 0.05) is 15.6 Å². The molecule has 0 amide bonds. The summed E-state index contributed by atoms with van der Waals surface area (Å²) in [5.74, 6) is 1.62. The quantitative estimate of drug-likeness (QED) is 0.542. The molecule has 2 aromatic rings. The van der Waals surface area contributed by atoms with Crippen LogP contribution in [0.15, 0.2) is 34.8 Å². The molecule has 0 spiro atoms. The maximum atomic E-state index is 11.1. The zero-order valence-corrected chi connectivity index (χ0v) is 13.1. The van der Waals surface area contributed by atoms with Crippen LogP contribution in [-0.2, 0) is 0 Å². The maximum Gasteiger partial charge on any atom is 0.276 e. The lowest BCUT2D eigenvalue weighted by atomic mass is 10.00. The number of hydrogen-bond donors (Lipinski definition) is 0. The van der Waals surface area contributed by atoms with Gasteiger partial charge in [0.1, 0.15) is 23.4 Å². The second-order valence-electron chi connectivity index (χ2n) is 5.22. The summed E-state index contributed by atoms with van der Waals surface area (Å²) in [6.45, 7) is 1.92. The number of non-ortho nitro benzene ring substituents is 1. The molecule has 0 radical (unpaired) electrons. The van der Waals surface area contributed by atoms with E-state index in [2.05, 4.69) is 15.9 Å². The fraction of sp³-hybridized carbons (Fsp3) is 0.125. The molecule has 1 unspecified atom stereocenters. The van der Waals surface area contributed by atoms with E-state index < -0.39 is 4.92 Å². The largest absolute Gasteiger partial charge is 0.485 e. The van der Waals surface area contributed by atoms with Crippen molar-refractivity contribution in [2.75, 3.05) is 0 Å². The Kier molecular flexibility index (Phi) is 2.77. The lowest BCUT2D eigenvalue weighted by Gasteiger charge is -2.10. The van der Waals surface area contributed by atoms with Crippen LogP contribution < -0.4 is 9.47 Å². The molecule has 0 aromatic heterocycles. The van der Waals surface area contributed by atoms with Crippen LogP contribution in [0.3, 0.4) is 0 Å². The molecule has 2 heterocycles. The van der Waals surface area contributed by atoms with Crippen molar-refractivity contribution in [3.8, 4) is 17.2 Å². The molecule has 0 saturated carbocycles. The summed E-state index contributed by atoms with van der Waals surface area (Å²) < 4.78 is 12.6. The molecule has 0 aliphatic carbocycles. The lowest BCUT2D eigenvalue weighted by molar-refractivity contribution is -0.385. The molecule has 2 aliphatic rings. The second-order valence-corrected chi connectivity index (χ2v) is 6.13. The van der Waals surface area contributed by atoms with Crippen molar-refractivity contribution in [3.05, 3.63) is 56.0 Å². The summed E-state index contributed by atoms with van der Waals surface area (Å²) in [4.78, 5) is 10.7. The van der Waals surface area contributed by atoms with Gasteiger partial charge in [-0.2, -0.15) is 0 Å². The molecule has 0 saturated heterocycles. The average Bonchev–Trinajstić information content (AvgIpc) is 2.68. The van der Waals surface area contributed by atoms with Gasteiger partial charge in [0.25, 0.3) is 5.69 Å². The van der Waals surface area contributed by atoms with Gasteiger partial charge < -0.3 is 9.47 Å². The Morgan fingerprint density at radius 1 is 1.18 bits per heavy atom. The predicted molar refractivity (Wildman–Crippen MR) is 85.3 cm³/mol. The number of hydrogen-bond acceptors (Lipinski definition) is 4. The highest BCUT2D eigenvalue weighted by molar-refractivity contribution is 9.10. The number of benzene rings is 2. The number of ether oxygens (including phenoxy) is 2. The smallest absolute Gasteiger partial charge is 0.276 e. The number of rotatable bonds is 1. The van der Waals surface area contributed by atoms with Gasteiger partial charge >= 0.3 is 0 Å². The first-order valence-electron chi connectivity index (χ1n) is 6.71. The average molecular weight is 360 g/mol. The van der Waals surface area contributed by atoms with Crippen molar-refractivity contribution in [1.82, 2.24) is 0 Å². The monoisotopic (exact) mass is 359 g/mol. The van der Waals surface area contributed by atoms with Crippen molar-refractivity contribution in [3.63, 3.8) is 0 Å².